The number of benzene rings is 1. The molecule has 3 N–H and O–H groups in total. The number of H-pyrrole nitrogens is 1. The maximum Gasteiger partial charge on any atom is 0.335 e. The zero-order valence-corrected chi connectivity index (χ0v) is 10.6. The normalized spacial score (nSPS) is 10.1. The van der Waals surface area contributed by atoms with Gasteiger partial charge in [0.2, 0.25) is 0 Å². The van der Waals surface area contributed by atoms with E-state index in [9.17, 15) is 9.59 Å². The van der Waals surface area contributed by atoms with Crippen molar-refractivity contribution >= 4 is 33.4 Å². The van der Waals surface area contributed by atoms with Crippen LogP contribution in [0.3, 0.4) is 0 Å². The summed E-state index contributed by atoms with van der Waals surface area (Å²) in [5, 5.41) is 11.6. The lowest BCUT2D eigenvalue weighted by Crippen LogP contribution is -2.12. The molecule has 0 spiro atoms. The minimum Gasteiger partial charge on any atom is -0.478 e. The van der Waals surface area contributed by atoms with Gasteiger partial charge in [-0.2, -0.15) is 0 Å². The van der Waals surface area contributed by atoms with Crippen LogP contribution in [0.15, 0.2) is 39.9 Å². The lowest BCUT2D eigenvalue weighted by atomic mass is 10.2. The number of hydrogen-bond donors (Lipinski definition) is 3. The Morgan fingerprint density at radius 3 is 2.83 bits per heavy atom. The number of nitrogens with one attached hydrogen (secondary N) is 2. The second-order valence-electron chi connectivity index (χ2n) is 3.39. The highest BCUT2D eigenvalue weighted by Crippen LogP contribution is 2.25. The van der Waals surface area contributed by atoms with E-state index in [0.717, 1.165) is 0 Å². The molecular weight excluding hydrogens is 302 g/mol. The van der Waals surface area contributed by atoms with Crippen LogP contribution in [-0.2, 0) is 0 Å². The molecule has 0 saturated heterocycles. The highest BCUT2D eigenvalue weighted by atomic mass is 79.9. The van der Waals surface area contributed by atoms with E-state index in [1.54, 1.807) is 6.07 Å². The summed E-state index contributed by atoms with van der Waals surface area (Å²) in [6.07, 6.45) is 2.87. The first-order chi connectivity index (χ1) is 8.58. The van der Waals surface area contributed by atoms with Gasteiger partial charge in [0.1, 0.15) is 0 Å². The van der Waals surface area contributed by atoms with E-state index >= 15 is 0 Å². The quantitative estimate of drug-likeness (QED) is 0.805. The Balaban J connectivity index is 2.33. The SMILES string of the molecule is O=C(O)c1ccc(Nc2ncc[nH]c2=O)c(Br)c1. The van der Waals surface area contributed by atoms with Crippen LogP contribution in [-0.4, -0.2) is 21.0 Å². The van der Waals surface area contributed by atoms with Crippen molar-refractivity contribution in [3.8, 4) is 0 Å². The zero-order valence-electron chi connectivity index (χ0n) is 8.98. The summed E-state index contributed by atoms with van der Waals surface area (Å²) < 4.78 is 0.535. The monoisotopic (exact) mass is 309 g/mol. The molecule has 0 amide bonds. The van der Waals surface area contributed by atoms with Crippen molar-refractivity contribution in [2.24, 2.45) is 0 Å². The Kier molecular flexibility index (Phi) is 3.42. The Morgan fingerprint density at radius 1 is 1.44 bits per heavy atom. The molecule has 0 bridgehead atoms. The molecule has 92 valence electrons. The van der Waals surface area contributed by atoms with E-state index in [-0.39, 0.29) is 16.9 Å². The van der Waals surface area contributed by atoms with Gasteiger partial charge in [0.15, 0.2) is 5.82 Å². The highest BCUT2D eigenvalue weighted by Gasteiger charge is 2.08. The Morgan fingerprint density at radius 2 is 2.22 bits per heavy atom. The number of carboxylic acid groups (broad SMARTS) is 1. The predicted octanol–water partition coefficient (Wildman–Crippen LogP) is 1.97. The first-order valence-electron chi connectivity index (χ1n) is 4.91. The molecule has 2 aromatic rings. The molecule has 0 fully saturated rings. The first-order valence-corrected chi connectivity index (χ1v) is 5.71. The summed E-state index contributed by atoms with van der Waals surface area (Å²) in [6.45, 7) is 0. The zero-order chi connectivity index (χ0) is 13.1. The number of aromatic nitrogens is 2. The number of aromatic amines is 1. The molecule has 1 heterocycles. The molecule has 0 aliphatic heterocycles. The van der Waals surface area contributed by atoms with Gasteiger partial charge in [-0.05, 0) is 34.1 Å². The second kappa shape index (κ2) is 5.01. The van der Waals surface area contributed by atoms with E-state index in [0.29, 0.717) is 10.2 Å². The molecule has 0 saturated carbocycles. The van der Waals surface area contributed by atoms with Crippen molar-refractivity contribution in [3.63, 3.8) is 0 Å². The van der Waals surface area contributed by atoms with Crippen molar-refractivity contribution in [2.45, 2.75) is 0 Å². The van der Waals surface area contributed by atoms with Crippen LogP contribution in [0.25, 0.3) is 0 Å². The average molecular weight is 310 g/mol. The maximum absolute atomic E-state index is 11.4. The lowest BCUT2D eigenvalue weighted by Gasteiger charge is -2.07. The van der Waals surface area contributed by atoms with Gasteiger partial charge in [0, 0.05) is 16.9 Å². The van der Waals surface area contributed by atoms with Gasteiger partial charge in [0.05, 0.1) is 11.3 Å². The molecule has 0 aliphatic rings. The van der Waals surface area contributed by atoms with Crippen LogP contribution in [0.2, 0.25) is 0 Å². The fourth-order valence-electron chi connectivity index (χ4n) is 1.32. The molecule has 0 atom stereocenters. The third-order valence-corrected chi connectivity index (χ3v) is 2.83. The molecule has 2 rings (SSSR count). The van der Waals surface area contributed by atoms with Crippen molar-refractivity contribution in [1.82, 2.24) is 9.97 Å². The average Bonchev–Trinajstić information content (AvgIpc) is 2.34. The smallest absolute Gasteiger partial charge is 0.335 e. The van der Waals surface area contributed by atoms with Gasteiger partial charge in [0.25, 0.3) is 5.56 Å². The number of nitrogens with zero attached hydrogens (tertiary/aromatic N) is 1. The number of anilines is 2. The van der Waals surface area contributed by atoms with Gasteiger partial charge in [-0.25, -0.2) is 9.78 Å². The van der Waals surface area contributed by atoms with E-state index in [4.69, 9.17) is 5.11 Å². The Labute approximate surface area is 110 Å². The summed E-state index contributed by atoms with van der Waals surface area (Å²) in [4.78, 5) is 28.5. The molecule has 0 aliphatic carbocycles. The third kappa shape index (κ3) is 2.57. The van der Waals surface area contributed by atoms with E-state index < -0.39 is 5.97 Å². The van der Waals surface area contributed by atoms with Crippen LogP contribution < -0.4 is 10.9 Å². The molecule has 6 nitrogen and oxygen atoms in total. The van der Waals surface area contributed by atoms with Crippen molar-refractivity contribution < 1.29 is 9.90 Å². The van der Waals surface area contributed by atoms with Gasteiger partial charge in [-0.3, -0.25) is 4.79 Å². The minimum atomic E-state index is -1.02. The van der Waals surface area contributed by atoms with Gasteiger partial charge < -0.3 is 15.4 Å². The van der Waals surface area contributed by atoms with Crippen molar-refractivity contribution in [3.05, 3.63) is 51.0 Å². The number of carbonyl (C=O) groups is 1. The van der Waals surface area contributed by atoms with E-state index in [1.807, 2.05) is 0 Å². The van der Waals surface area contributed by atoms with Crippen molar-refractivity contribution in [2.75, 3.05) is 5.32 Å². The number of rotatable bonds is 3. The molecule has 7 heteroatoms. The van der Waals surface area contributed by atoms with Crippen LogP contribution in [0.1, 0.15) is 10.4 Å². The number of aromatic carboxylic acids is 1. The number of carboxylic acids is 1. The lowest BCUT2D eigenvalue weighted by molar-refractivity contribution is 0.0697. The summed E-state index contributed by atoms with van der Waals surface area (Å²) in [6, 6.07) is 4.44. The highest BCUT2D eigenvalue weighted by molar-refractivity contribution is 9.10. The first kappa shape index (κ1) is 12.3. The van der Waals surface area contributed by atoms with Crippen molar-refractivity contribution in [1.29, 1.82) is 0 Å². The fourth-order valence-corrected chi connectivity index (χ4v) is 1.80. The van der Waals surface area contributed by atoms with Gasteiger partial charge in [-0.1, -0.05) is 0 Å². The fraction of sp³-hybridized carbons (Fsp3) is 0. The Hall–Kier alpha value is -2.15. The molecular formula is C11H8BrN3O3. The summed E-state index contributed by atoms with van der Waals surface area (Å²) in [5.74, 6) is -0.876. The number of hydrogen-bond acceptors (Lipinski definition) is 4. The third-order valence-electron chi connectivity index (χ3n) is 2.18. The molecule has 1 aromatic heterocycles. The van der Waals surface area contributed by atoms with E-state index in [1.165, 1.54) is 24.5 Å². The van der Waals surface area contributed by atoms with Crippen LogP contribution in [0.4, 0.5) is 11.5 Å². The summed E-state index contributed by atoms with van der Waals surface area (Å²) in [7, 11) is 0. The number of halogens is 1. The molecule has 0 radical (unpaired) electrons. The van der Waals surface area contributed by atoms with Crippen LogP contribution in [0.5, 0.6) is 0 Å². The topological polar surface area (TPSA) is 95.1 Å². The Bertz CT molecular complexity index is 654. The van der Waals surface area contributed by atoms with Crippen LogP contribution >= 0.6 is 15.9 Å². The van der Waals surface area contributed by atoms with Gasteiger partial charge in [-0.15, -0.1) is 0 Å². The molecule has 1 aromatic carbocycles. The summed E-state index contributed by atoms with van der Waals surface area (Å²) in [5.41, 5.74) is 0.360. The van der Waals surface area contributed by atoms with E-state index in [2.05, 4.69) is 31.2 Å². The molecule has 0 unspecified atom stereocenters. The second-order valence-corrected chi connectivity index (χ2v) is 4.25. The minimum absolute atomic E-state index is 0.140. The maximum atomic E-state index is 11.4. The predicted molar refractivity (Wildman–Crippen MR) is 69.2 cm³/mol. The summed E-state index contributed by atoms with van der Waals surface area (Å²) >= 11 is 3.23. The van der Waals surface area contributed by atoms with Gasteiger partial charge >= 0.3 is 5.97 Å². The standard InChI is InChI=1S/C11H8BrN3O3/c12-7-5-6(11(17)18)1-2-8(7)15-9-10(16)14-4-3-13-9/h1-5H,(H,13,15)(H,14,16)(H,17,18). The van der Waals surface area contributed by atoms with Crippen LogP contribution in [0, 0.1) is 0 Å². The largest absolute Gasteiger partial charge is 0.478 e. The molecule has 18 heavy (non-hydrogen) atoms.